The van der Waals surface area contributed by atoms with Gasteiger partial charge in [-0.3, -0.25) is 4.90 Å². The van der Waals surface area contributed by atoms with Gasteiger partial charge in [-0.05, 0) is 38.4 Å². The van der Waals surface area contributed by atoms with Crippen molar-refractivity contribution in [1.29, 1.82) is 0 Å². The number of benzene rings is 1. The van der Waals surface area contributed by atoms with Crippen LogP contribution in [0.3, 0.4) is 0 Å². The zero-order valence-electron chi connectivity index (χ0n) is 12.6. The first-order valence-electron chi connectivity index (χ1n) is 7.85. The number of likely N-dealkylation sites (N-methyl/N-ethyl adjacent to an activating group) is 1. The van der Waals surface area contributed by atoms with Crippen LogP contribution in [0.5, 0.6) is 5.75 Å². The fraction of sp³-hybridized carbons (Fsp3) is 0.647. The Hall–Kier alpha value is -1.06. The maximum absolute atomic E-state index is 6.28. The molecule has 3 atom stereocenters. The van der Waals surface area contributed by atoms with Crippen molar-refractivity contribution in [3.05, 3.63) is 29.3 Å². The number of rotatable bonds is 3. The number of aryl methyl sites for hydroxylation is 1. The van der Waals surface area contributed by atoms with Gasteiger partial charge >= 0.3 is 0 Å². The van der Waals surface area contributed by atoms with E-state index in [1.807, 2.05) is 0 Å². The van der Waals surface area contributed by atoms with Crippen LogP contribution in [0.15, 0.2) is 18.2 Å². The molecule has 1 saturated carbocycles. The Morgan fingerprint density at radius 2 is 2.10 bits per heavy atom. The highest BCUT2D eigenvalue weighted by atomic mass is 16.5. The fourth-order valence-electron chi connectivity index (χ4n) is 3.69. The van der Waals surface area contributed by atoms with E-state index in [-0.39, 0.29) is 6.10 Å². The lowest BCUT2D eigenvalue weighted by molar-refractivity contribution is 0.109. The minimum absolute atomic E-state index is 0.283. The van der Waals surface area contributed by atoms with Gasteiger partial charge in [0.15, 0.2) is 0 Å². The van der Waals surface area contributed by atoms with Crippen LogP contribution in [0.25, 0.3) is 0 Å². The average Bonchev–Trinajstić information content (AvgIpc) is 2.80. The molecule has 0 bridgehead atoms. The molecule has 110 valence electrons. The largest absolute Gasteiger partial charge is 0.488 e. The van der Waals surface area contributed by atoms with E-state index in [0.29, 0.717) is 12.1 Å². The summed E-state index contributed by atoms with van der Waals surface area (Å²) in [6, 6.07) is 7.35. The molecule has 3 unspecified atom stereocenters. The second-order valence-electron chi connectivity index (χ2n) is 6.51. The summed E-state index contributed by atoms with van der Waals surface area (Å²) in [4.78, 5) is 2.42. The molecule has 0 saturated heterocycles. The lowest BCUT2D eigenvalue weighted by Gasteiger charge is -2.37. The third-order valence-electron chi connectivity index (χ3n) is 4.80. The van der Waals surface area contributed by atoms with E-state index in [4.69, 9.17) is 10.5 Å². The van der Waals surface area contributed by atoms with E-state index >= 15 is 0 Å². The van der Waals surface area contributed by atoms with Crippen LogP contribution in [0.1, 0.15) is 36.8 Å². The van der Waals surface area contributed by atoms with Crippen molar-refractivity contribution in [3.8, 4) is 5.75 Å². The molecule has 0 radical (unpaired) electrons. The molecule has 0 spiro atoms. The van der Waals surface area contributed by atoms with E-state index < -0.39 is 0 Å². The lowest BCUT2D eigenvalue weighted by atomic mass is 9.90. The van der Waals surface area contributed by atoms with Crippen molar-refractivity contribution in [2.45, 2.75) is 57.2 Å². The second-order valence-corrected chi connectivity index (χ2v) is 6.51. The summed E-state index contributed by atoms with van der Waals surface area (Å²) in [5.74, 6) is 1.07. The molecule has 2 aliphatic rings. The molecular weight excluding hydrogens is 248 g/mol. The first kappa shape index (κ1) is 13.9. The van der Waals surface area contributed by atoms with Gasteiger partial charge < -0.3 is 10.5 Å². The lowest BCUT2D eigenvalue weighted by Crippen LogP contribution is -2.50. The molecule has 3 nitrogen and oxygen atoms in total. The predicted octanol–water partition coefficient (Wildman–Crippen LogP) is 2.50. The highest BCUT2D eigenvalue weighted by Crippen LogP contribution is 2.30. The van der Waals surface area contributed by atoms with Crippen LogP contribution >= 0.6 is 0 Å². The van der Waals surface area contributed by atoms with Crippen molar-refractivity contribution < 1.29 is 4.74 Å². The van der Waals surface area contributed by atoms with Crippen LogP contribution in [0, 0.1) is 6.92 Å². The number of fused-ring (bicyclic) bond motifs is 1. The summed E-state index contributed by atoms with van der Waals surface area (Å²) in [5.41, 5.74) is 8.95. The molecule has 20 heavy (non-hydrogen) atoms. The Labute approximate surface area is 122 Å². The first-order chi connectivity index (χ1) is 9.63. The van der Waals surface area contributed by atoms with Gasteiger partial charge in [0, 0.05) is 25.0 Å². The minimum Gasteiger partial charge on any atom is -0.488 e. The van der Waals surface area contributed by atoms with Crippen LogP contribution in [0.2, 0.25) is 0 Å². The highest BCUT2D eigenvalue weighted by Gasteiger charge is 2.30. The van der Waals surface area contributed by atoms with E-state index in [1.54, 1.807) is 0 Å². The molecule has 3 heteroatoms. The maximum Gasteiger partial charge on any atom is 0.123 e. The normalized spacial score (nSPS) is 29.3. The number of nitrogens with zero attached hydrogens (tertiary/aromatic N) is 1. The SMILES string of the molecule is Cc1ccc2c(c1)CC(CN(C)C1CCCCC1N)O2. The topological polar surface area (TPSA) is 38.5 Å². The smallest absolute Gasteiger partial charge is 0.123 e. The third kappa shape index (κ3) is 2.84. The molecule has 1 aromatic rings. The van der Waals surface area contributed by atoms with Crippen LogP contribution in [-0.2, 0) is 6.42 Å². The molecule has 3 rings (SSSR count). The molecule has 0 amide bonds. The molecule has 1 aliphatic carbocycles. The van der Waals surface area contributed by atoms with Gasteiger partial charge in [0.1, 0.15) is 11.9 Å². The summed E-state index contributed by atoms with van der Waals surface area (Å²) in [6.07, 6.45) is 6.31. The highest BCUT2D eigenvalue weighted by molar-refractivity contribution is 5.40. The van der Waals surface area contributed by atoms with E-state index in [2.05, 4.69) is 37.1 Å². The first-order valence-corrected chi connectivity index (χ1v) is 7.85. The van der Waals surface area contributed by atoms with E-state index in [0.717, 1.165) is 18.7 Å². The summed E-state index contributed by atoms with van der Waals surface area (Å²) < 4.78 is 6.08. The number of hydrogen-bond donors (Lipinski definition) is 1. The molecule has 1 aromatic carbocycles. The fourth-order valence-corrected chi connectivity index (χ4v) is 3.69. The number of nitrogens with two attached hydrogens (primary N) is 1. The Kier molecular flexibility index (Phi) is 3.99. The van der Waals surface area contributed by atoms with Gasteiger partial charge in [0.05, 0.1) is 0 Å². The Morgan fingerprint density at radius 3 is 2.90 bits per heavy atom. The Morgan fingerprint density at radius 1 is 1.30 bits per heavy atom. The van der Waals surface area contributed by atoms with Gasteiger partial charge in [-0.15, -0.1) is 0 Å². The minimum atomic E-state index is 0.283. The predicted molar refractivity (Wildman–Crippen MR) is 82.2 cm³/mol. The van der Waals surface area contributed by atoms with Crippen LogP contribution < -0.4 is 10.5 Å². The van der Waals surface area contributed by atoms with Gasteiger partial charge in [0.2, 0.25) is 0 Å². The third-order valence-corrected chi connectivity index (χ3v) is 4.80. The molecule has 2 N–H and O–H groups in total. The van der Waals surface area contributed by atoms with Crippen molar-refractivity contribution in [2.24, 2.45) is 5.73 Å². The van der Waals surface area contributed by atoms with Crippen molar-refractivity contribution >= 4 is 0 Å². The van der Waals surface area contributed by atoms with Crippen LogP contribution in [-0.4, -0.2) is 36.7 Å². The zero-order valence-corrected chi connectivity index (χ0v) is 12.6. The van der Waals surface area contributed by atoms with Crippen molar-refractivity contribution in [3.63, 3.8) is 0 Å². The summed E-state index contributed by atoms with van der Waals surface area (Å²) in [7, 11) is 2.20. The molecule has 1 aliphatic heterocycles. The monoisotopic (exact) mass is 274 g/mol. The van der Waals surface area contributed by atoms with E-state index in [1.165, 1.54) is 36.8 Å². The average molecular weight is 274 g/mol. The standard InChI is InChI=1S/C17H26N2O/c1-12-7-8-17-13(9-12)10-14(20-17)11-19(2)16-6-4-3-5-15(16)18/h7-9,14-16H,3-6,10-11,18H2,1-2H3. The molecule has 0 aromatic heterocycles. The van der Waals surface area contributed by atoms with Crippen LogP contribution in [0.4, 0.5) is 0 Å². The number of ether oxygens (including phenoxy) is 1. The van der Waals surface area contributed by atoms with E-state index in [9.17, 15) is 0 Å². The summed E-state index contributed by atoms with van der Waals surface area (Å²) >= 11 is 0. The molecule has 1 heterocycles. The van der Waals surface area contributed by atoms with Gasteiger partial charge in [-0.1, -0.05) is 30.5 Å². The van der Waals surface area contributed by atoms with Gasteiger partial charge in [-0.2, -0.15) is 0 Å². The number of hydrogen-bond acceptors (Lipinski definition) is 3. The second kappa shape index (κ2) is 5.74. The van der Waals surface area contributed by atoms with Crippen molar-refractivity contribution in [2.75, 3.05) is 13.6 Å². The Bertz CT molecular complexity index is 474. The summed E-state index contributed by atoms with van der Waals surface area (Å²) in [6.45, 7) is 3.12. The maximum atomic E-state index is 6.28. The van der Waals surface area contributed by atoms with Crippen molar-refractivity contribution in [1.82, 2.24) is 4.90 Å². The molecule has 1 fully saturated rings. The van der Waals surface area contributed by atoms with Gasteiger partial charge in [0.25, 0.3) is 0 Å². The summed E-state index contributed by atoms with van der Waals surface area (Å²) in [5, 5.41) is 0. The Balaban J connectivity index is 1.59. The zero-order chi connectivity index (χ0) is 14.1. The molecular formula is C17H26N2O. The quantitative estimate of drug-likeness (QED) is 0.920. The van der Waals surface area contributed by atoms with Gasteiger partial charge in [-0.25, -0.2) is 0 Å².